The normalized spacial score (nSPS) is 24.0. The lowest BCUT2D eigenvalue weighted by Gasteiger charge is -2.33. The van der Waals surface area contributed by atoms with Crippen LogP contribution in [0.5, 0.6) is 0 Å². The molecule has 2 atom stereocenters. The predicted octanol–water partition coefficient (Wildman–Crippen LogP) is 3.84. The predicted molar refractivity (Wildman–Crippen MR) is 63.6 cm³/mol. The minimum Gasteiger partial charge on any atom is -0.383 e. The van der Waals surface area contributed by atoms with Gasteiger partial charge in [0.2, 0.25) is 0 Å². The Bertz CT molecular complexity index is 638. The molecule has 0 unspecified atom stereocenters. The van der Waals surface area contributed by atoms with Gasteiger partial charge in [0.05, 0.1) is 12.2 Å². The van der Waals surface area contributed by atoms with Crippen molar-refractivity contribution in [2.45, 2.75) is 55.8 Å². The molecule has 0 aromatic carbocycles. The first-order valence-electron chi connectivity index (χ1n) is 6.37. The largest absolute Gasteiger partial charge is 0.460 e. The second-order valence-electron chi connectivity index (χ2n) is 5.19. The third-order valence-electron chi connectivity index (χ3n) is 3.00. The smallest absolute Gasteiger partial charge is 0.383 e. The Labute approximate surface area is 135 Å². The number of halogens is 9. The van der Waals surface area contributed by atoms with Gasteiger partial charge in [0.15, 0.2) is 0 Å². The molecule has 0 spiro atoms. The third-order valence-corrected chi connectivity index (χ3v) is 4.32. The van der Waals surface area contributed by atoms with Gasteiger partial charge in [-0.15, -0.1) is 0 Å². The molecule has 0 radical (unpaired) electrons. The van der Waals surface area contributed by atoms with Crippen LogP contribution in [0.15, 0.2) is 11.8 Å². The average molecular weight is 410 g/mol. The molecule has 25 heavy (non-hydrogen) atoms. The minimum atomic E-state index is -7.33. The third kappa shape index (κ3) is 3.68. The van der Waals surface area contributed by atoms with E-state index in [1.165, 1.54) is 13.8 Å². The molecule has 0 aromatic heterocycles. The average Bonchev–Trinajstić information content (AvgIpc) is 2.34. The van der Waals surface area contributed by atoms with Crippen molar-refractivity contribution in [2.75, 3.05) is 0 Å². The van der Waals surface area contributed by atoms with Gasteiger partial charge in [0.1, 0.15) is 5.76 Å². The summed E-state index contributed by atoms with van der Waals surface area (Å²) in [6.07, 6.45) is -8.58. The van der Waals surface area contributed by atoms with Crippen LogP contribution in [-0.4, -0.2) is 43.9 Å². The van der Waals surface area contributed by atoms with Crippen molar-refractivity contribution < 1.29 is 56.9 Å². The highest BCUT2D eigenvalue weighted by atomic mass is 32.2. The van der Waals surface area contributed by atoms with Crippen molar-refractivity contribution in [3.05, 3.63) is 11.8 Å². The first-order valence-corrected chi connectivity index (χ1v) is 7.78. The molecule has 0 amide bonds. The molecule has 1 heterocycles. The fourth-order valence-electron chi connectivity index (χ4n) is 1.84. The Morgan fingerprint density at radius 1 is 1.00 bits per heavy atom. The number of hydrogen-bond donors (Lipinski definition) is 0. The van der Waals surface area contributed by atoms with Crippen LogP contribution in [0.4, 0.5) is 39.5 Å². The number of ether oxygens (including phenoxy) is 1. The molecular weight excluding hydrogens is 399 g/mol. The summed E-state index contributed by atoms with van der Waals surface area (Å²) in [6.45, 7) is 2.61. The van der Waals surface area contributed by atoms with Crippen LogP contribution in [0, 0.1) is 0 Å². The summed E-state index contributed by atoms with van der Waals surface area (Å²) < 4.78 is 146. The zero-order valence-corrected chi connectivity index (χ0v) is 13.2. The molecule has 0 aromatic rings. The van der Waals surface area contributed by atoms with E-state index in [0.717, 1.165) is 6.08 Å². The first-order chi connectivity index (χ1) is 10.9. The van der Waals surface area contributed by atoms with E-state index in [1.54, 1.807) is 0 Å². The van der Waals surface area contributed by atoms with Gasteiger partial charge in [-0.3, -0.25) is 0 Å². The molecule has 1 aliphatic heterocycles. The van der Waals surface area contributed by atoms with Crippen LogP contribution in [-0.2, 0) is 19.0 Å². The molecule has 148 valence electrons. The van der Waals surface area contributed by atoms with E-state index in [2.05, 4.69) is 4.18 Å². The lowest BCUT2D eigenvalue weighted by Crippen LogP contribution is -2.63. The quantitative estimate of drug-likeness (QED) is 0.511. The van der Waals surface area contributed by atoms with Crippen LogP contribution >= 0.6 is 0 Å². The van der Waals surface area contributed by atoms with Crippen molar-refractivity contribution in [2.24, 2.45) is 0 Å². The molecule has 0 fully saturated rings. The maximum Gasteiger partial charge on any atom is 0.460 e. The monoisotopic (exact) mass is 410 g/mol. The number of rotatable bonds is 5. The molecule has 4 nitrogen and oxygen atoms in total. The first kappa shape index (κ1) is 21.9. The highest BCUT2D eigenvalue weighted by Gasteiger charge is 2.86. The molecule has 0 saturated heterocycles. The van der Waals surface area contributed by atoms with Crippen molar-refractivity contribution in [1.29, 1.82) is 0 Å². The zero-order valence-electron chi connectivity index (χ0n) is 12.4. The summed E-state index contributed by atoms with van der Waals surface area (Å²) in [5.41, 5.74) is 0. The van der Waals surface area contributed by atoms with Gasteiger partial charge >= 0.3 is 33.4 Å². The summed E-state index contributed by atoms with van der Waals surface area (Å²) in [7, 11) is -6.89. The Morgan fingerprint density at radius 3 is 1.88 bits per heavy atom. The number of hydrogen-bond acceptors (Lipinski definition) is 4. The Morgan fingerprint density at radius 2 is 1.48 bits per heavy atom. The van der Waals surface area contributed by atoms with Crippen molar-refractivity contribution in [3.63, 3.8) is 0 Å². The summed E-state index contributed by atoms with van der Waals surface area (Å²) in [6, 6.07) is 0. The van der Waals surface area contributed by atoms with Crippen LogP contribution < -0.4 is 0 Å². The fraction of sp³-hybridized carbons (Fsp3) is 0.818. The second kappa shape index (κ2) is 6.21. The zero-order chi connectivity index (χ0) is 20.1. The van der Waals surface area contributed by atoms with Gasteiger partial charge in [-0.1, -0.05) is 0 Å². The van der Waals surface area contributed by atoms with E-state index >= 15 is 0 Å². The summed E-state index contributed by atoms with van der Waals surface area (Å²) in [4.78, 5) is 0. The molecule has 14 heteroatoms. The van der Waals surface area contributed by atoms with Crippen LogP contribution in [0.3, 0.4) is 0 Å². The van der Waals surface area contributed by atoms with Crippen molar-refractivity contribution in [3.8, 4) is 0 Å². The Balaban J connectivity index is 3.27. The van der Waals surface area contributed by atoms with Gasteiger partial charge in [-0.2, -0.15) is 47.9 Å². The van der Waals surface area contributed by atoms with Gasteiger partial charge in [0.25, 0.3) is 0 Å². The SMILES string of the molecule is C[C@@H]1CC(OS(=O)(=O)C(F)(F)C(F)(F)C(F)(F)C(F)(F)F)=C[C@H](C)O1. The summed E-state index contributed by atoms with van der Waals surface area (Å²) in [5.74, 6) is -15.5. The van der Waals surface area contributed by atoms with Crippen molar-refractivity contribution >= 4 is 10.1 Å². The van der Waals surface area contributed by atoms with Crippen LogP contribution in [0.1, 0.15) is 20.3 Å². The molecule has 0 bridgehead atoms. The van der Waals surface area contributed by atoms with Gasteiger partial charge in [0, 0.05) is 6.42 Å². The summed E-state index contributed by atoms with van der Waals surface area (Å²) >= 11 is 0. The molecule has 1 aliphatic rings. The number of alkyl halides is 9. The van der Waals surface area contributed by atoms with Gasteiger partial charge in [-0.25, -0.2) is 0 Å². The highest BCUT2D eigenvalue weighted by molar-refractivity contribution is 7.88. The molecule has 0 saturated carbocycles. The molecule has 0 N–H and O–H groups in total. The topological polar surface area (TPSA) is 52.6 Å². The van der Waals surface area contributed by atoms with Gasteiger partial charge in [-0.05, 0) is 19.9 Å². The van der Waals surface area contributed by atoms with E-state index in [-0.39, 0.29) is 0 Å². The Kier molecular flexibility index (Phi) is 5.43. The molecule has 1 rings (SSSR count). The lowest BCUT2D eigenvalue weighted by atomic mass is 10.1. The van der Waals surface area contributed by atoms with E-state index in [1.807, 2.05) is 0 Å². The Hall–Kier alpha value is -1.18. The fourth-order valence-corrected chi connectivity index (χ4v) is 2.79. The highest BCUT2D eigenvalue weighted by Crippen LogP contribution is 2.55. The van der Waals surface area contributed by atoms with E-state index in [0.29, 0.717) is 0 Å². The molecular formula is C11H11F9O4S. The maximum atomic E-state index is 13.5. The van der Waals surface area contributed by atoms with E-state index in [4.69, 9.17) is 4.74 Å². The lowest BCUT2D eigenvalue weighted by molar-refractivity contribution is -0.382. The standard InChI is InChI=1S/C11H11F9O4S/c1-5-3-7(4-6(2)23-5)24-25(21,22)11(19,20)9(14,15)8(12,13)10(16,17)18/h3,5-6H,4H2,1-2H3/t5-,6+/m0/s1. The van der Waals surface area contributed by atoms with E-state index < -0.39 is 57.8 Å². The molecule has 0 aliphatic carbocycles. The van der Waals surface area contributed by atoms with Crippen LogP contribution in [0.25, 0.3) is 0 Å². The summed E-state index contributed by atoms with van der Waals surface area (Å²) in [5, 5.41) is -6.87. The second-order valence-corrected chi connectivity index (χ2v) is 6.78. The van der Waals surface area contributed by atoms with Crippen molar-refractivity contribution in [1.82, 2.24) is 0 Å². The minimum absolute atomic E-state index is 0.513. The maximum absolute atomic E-state index is 13.5. The van der Waals surface area contributed by atoms with E-state index in [9.17, 15) is 47.9 Å². The van der Waals surface area contributed by atoms with Crippen LogP contribution in [0.2, 0.25) is 0 Å². The van der Waals surface area contributed by atoms with Gasteiger partial charge < -0.3 is 8.92 Å².